The predicted octanol–water partition coefficient (Wildman–Crippen LogP) is 5.53. The number of halogens is 1. The van der Waals surface area contributed by atoms with Gasteiger partial charge in [0.25, 0.3) is 8.32 Å². The smallest absolute Gasteiger partial charge is 0.384 e. The number of carbonyl (C=O) groups is 1. The van der Waals surface area contributed by atoms with E-state index in [0.29, 0.717) is 16.6 Å². The molecule has 0 bridgehead atoms. The summed E-state index contributed by atoms with van der Waals surface area (Å²) in [5, 5.41) is 0. The second-order valence-electron chi connectivity index (χ2n) is 6.84. The Morgan fingerprint density at radius 3 is 2.04 bits per heavy atom. The van der Waals surface area contributed by atoms with Crippen molar-refractivity contribution in [3.8, 4) is 17.6 Å². The standard InChI is InChI=1S/C19H27BrO3Si/c1-13(2)24(14(3)4,15(5)6)23-18-11-16(10-17(20)12-18)8-9-19(21)22-7/h10-15H,1-7H3. The van der Waals surface area contributed by atoms with Crippen LogP contribution in [0.25, 0.3) is 0 Å². The van der Waals surface area contributed by atoms with Crippen LogP contribution in [0.4, 0.5) is 0 Å². The van der Waals surface area contributed by atoms with Crippen molar-refractivity contribution in [1.82, 2.24) is 0 Å². The summed E-state index contributed by atoms with van der Waals surface area (Å²) in [5.74, 6) is 5.55. The summed E-state index contributed by atoms with van der Waals surface area (Å²) in [6, 6.07) is 5.74. The van der Waals surface area contributed by atoms with Crippen LogP contribution < -0.4 is 4.43 Å². The van der Waals surface area contributed by atoms with Gasteiger partial charge in [-0.3, -0.25) is 0 Å². The van der Waals surface area contributed by atoms with Gasteiger partial charge in [-0.15, -0.1) is 0 Å². The minimum absolute atomic E-state index is 0.487. The van der Waals surface area contributed by atoms with Gasteiger partial charge in [0.2, 0.25) is 0 Å². The number of ether oxygens (including phenoxy) is 1. The van der Waals surface area contributed by atoms with Gasteiger partial charge in [0, 0.05) is 16.0 Å². The summed E-state index contributed by atoms with van der Waals surface area (Å²) < 4.78 is 12.1. The Bertz CT molecular complexity index is 620. The maximum absolute atomic E-state index is 11.2. The van der Waals surface area contributed by atoms with Crippen molar-refractivity contribution < 1.29 is 14.0 Å². The largest absolute Gasteiger partial charge is 0.543 e. The van der Waals surface area contributed by atoms with E-state index in [0.717, 1.165) is 15.8 Å². The molecule has 0 unspecified atom stereocenters. The number of methoxy groups -OCH3 is 1. The molecule has 1 aromatic rings. The number of rotatable bonds is 5. The fraction of sp³-hybridized carbons (Fsp3) is 0.526. The zero-order valence-electron chi connectivity index (χ0n) is 15.6. The van der Waals surface area contributed by atoms with Crippen molar-refractivity contribution in [3.05, 3.63) is 28.2 Å². The maximum atomic E-state index is 11.2. The van der Waals surface area contributed by atoms with E-state index >= 15 is 0 Å². The highest BCUT2D eigenvalue weighted by molar-refractivity contribution is 9.10. The molecular formula is C19H27BrO3Si. The molecule has 0 saturated heterocycles. The number of hydrogen-bond acceptors (Lipinski definition) is 3. The van der Waals surface area contributed by atoms with Gasteiger partial charge in [0.15, 0.2) is 0 Å². The Kier molecular flexibility index (Phi) is 7.56. The Hall–Kier alpha value is -1.25. The molecule has 0 aliphatic heterocycles. The Morgan fingerprint density at radius 1 is 1.04 bits per heavy atom. The van der Waals surface area contributed by atoms with Gasteiger partial charge in [0.05, 0.1) is 7.11 Å². The highest BCUT2D eigenvalue weighted by atomic mass is 79.9. The fourth-order valence-corrected chi connectivity index (χ4v) is 9.13. The summed E-state index contributed by atoms with van der Waals surface area (Å²) in [6.45, 7) is 13.5. The first-order valence-corrected chi connectivity index (χ1v) is 11.2. The molecule has 1 rings (SSSR count). The molecule has 0 spiro atoms. The van der Waals surface area contributed by atoms with Gasteiger partial charge < -0.3 is 9.16 Å². The maximum Gasteiger partial charge on any atom is 0.384 e. The molecule has 0 aromatic heterocycles. The van der Waals surface area contributed by atoms with E-state index in [1.807, 2.05) is 18.2 Å². The van der Waals surface area contributed by atoms with Crippen LogP contribution in [-0.2, 0) is 9.53 Å². The van der Waals surface area contributed by atoms with E-state index in [2.05, 4.69) is 74.1 Å². The highest BCUT2D eigenvalue weighted by Gasteiger charge is 2.47. The molecule has 1 aromatic carbocycles. The van der Waals surface area contributed by atoms with E-state index in [1.54, 1.807) is 0 Å². The average molecular weight is 411 g/mol. The second-order valence-corrected chi connectivity index (χ2v) is 13.1. The highest BCUT2D eigenvalue weighted by Crippen LogP contribution is 2.43. The Morgan fingerprint density at radius 2 is 1.58 bits per heavy atom. The Balaban J connectivity index is 3.28. The summed E-state index contributed by atoms with van der Waals surface area (Å²) in [7, 11) is -0.707. The normalized spacial score (nSPS) is 11.5. The van der Waals surface area contributed by atoms with Crippen molar-refractivity contribution >= 4 is 30.2 Å². The average Bonchev–Trinajstić information content (AvgIpc) is 2.48. The lowest BCUT2D eigenvalue weighted by atomic mass is 10.2. The van der Waals surface area contributed by atoms with Crippen LogP contribution in [0.1, 0.15) is 47.1 Å². The minimum atomic E-state index is -2.03. The van der Waals surface area contributed by atoms with Crippen LogP contribution in [0, 0.1) is 11.8 Å². The summed E-state index contributed by atoms with van der Waals surface area (Å²) in [6.07, 6.45) is 0. The van der Waals surface area contributed by atoms with Gasteiger partial charge in [-0.2, -0.15) is 0 Å². The Labute approximate surface area is 155 Å². The van der Waals surface area contributed by atoms with E-state index < -0.39 is 14.3 Å². The van der Waals surface area contributed by atoms with Gasteiger partial charge in [-0.05, 0) is 34.8 Å². The summed E-state index contributed by atoms with van der Waals surface area (Å²) in [5.41, 5.74) is 2.19. The lowest BCUT2D eigenvalue weighted by Gasteiger charge is -2.42. The van der Waals surface area contributed by atoms with Gasteiger partial charge in [-0.1, -0.05) is 63.4 Å². The molecule has 0 fully saturated rings. The third-order valence-corrected chi connectivity index (χ3v) is 10.8. The van der Waals surface area contributed by atoms with E-state index in [4.69, 9.17) is 4.43 Å². The molecule has 0 saturated carbocycles. The molecule has 0 radical (unpaired) electrons. The van der Waals surface area contributed by atoms with Crippen molar-refractivity contribution in [3.63, 3.8) is 0 Å². The summed E-state index contributed by atoms with van der Waals surface area (Å²) in [4.78, 5) is 11.2. The molecule has 0 aliphatic rings. The quantitative estimate of drug-likeness (QED) is 0.363. The molecule has 3 nitrogen and oxygen atoms in total. The van der Waals surface area contributed by atoms with Crippen molar-refractivity contribution in [2.45, 2.75) is 58.2 Å². The lowest BCUT2D eigenvalue weighted by molar-refractivity contribution is -0.133. The summed E-state index contributed by atoms with van der Waals surface area (Å²) >= 11 is 3.51. The molecule has 24 heavy (non-hydrogen) atoms. The van der Waals surface area contributed by atoms with Gasteiger partial charge >= 0.3 is 5.97 Å². The molecule has 0 atom stereocenters. The molecule has 132 valence electrons. The molecule has 0 heterocycles. The first-order valence-electron chi connectivity index (χ1n) is 8.23. The third kappa shape index (κ3) is 4.87. The van der Waals surface area contributed by atoms with Crippen LogP contribution in [0.5, 0.6) is 5.75 Å². The zero-order valence-corrected chi connectivity index (χ0v) is 18.2. The topological polar surface area (TPSA) is 35.5 Å². The fourth-order valence-electron chi connectivity index (χ4n) is 3.43. The molecule has 0 aliphatic carbocycles. The van der Waals surface area contributed by atoms with Crippen LogP contribution >= 0.6 is 15.9 Å². The SMILES string of the molecule is COC(=O)C#Cc1cc(Br)cc(O[Si](C(C)C)(C(C)C)C(C)C)c1. The number of esters is 1. The minimum Gasteiger partial charge on any atom is -0.543 e. The molecule has 5 heteroatoms. The van der Waals surface area contributed by atoms with Crippen LogP contribution in [0.3, 0.4) is 0 Å². The third-order valence-electron chi connectivity index (χ3n) is 4.37. The van der Waals surface area contributed by atoms with Gasteiger partial charge in [-0.25, -0.2) is 4.79 Å². The molecule has 0 amide bonds. The van der Waals surface area contributed by atoms with Crippen LogP contribution in [0.15, 0.2) is 22.7 Å². The lowest BCUT2D eigenvalue weighted by Crippen LogP contribution is -2.50. The molecule has 0 N–H and O–H groups in total. The van der Waals surface area contributed by atoms with Crippen LogP contribution in [-0.4, -0.2) is 21.4 Å². The number of benzene rings is 1. The van der Waals surface area contributed by atoms with Crippen molar-refractivity contribution in [1.29, 1.82) is 0 Å². The van der Waals surface area contributed by atoms with Gasteiger partial charge in [0.1, 0.15) is 5.75 Å². The number of carbonyl (C=O) groups excluding carboxylic acids is 1. The predicted molar refractivity (Wildman–Crippen MR) is 105 cm³/mol. The first kappa shape index (κ1) is 20.8. The van der Waals surface area contributed by atoms with Crippen LogP contribution in [0.2, 0.25) is 16.6 Å². The molecular weight excluding hydrogens is 384 g/mol. The van der Waals surface area contributed by atoms with Crippen molar-refractivity contribution in [2.24, 2.45) is 0 Å². The monoisotopic (exact) mass is 410 g/mol. The zero-order chi connectivity index (χ0) is 18.5. The van der Waals surface area contributed by atoms with E-state index in [1.165, 1.54) is 7.11 Å². The number of hydrogen-bond donors (Lipinski definition) is 0. The van der Waals surface area contributed by atoms with E-state index in [9.17, 15) is 4.79 Å². The second kappa shape index (κ2) is 8.73. The van der Waals surface area contributed by atoms with Crippen molar-refractivity contribution in [2.75, 3.05) is 7.11 Å². The first-order chi connectivity index (χ1) is 11.1. The van der Waals surface area contributed by atoms with E-state index in [-0.39, 0.29) is 0 Å².